The Labute approximate surface area is 79.3 Å². The van der Waals surface area contributed by atoms with Gasteiger partial charge >= 0.3 is 0 Å². The highest BCUT2D eigenvalue weighted by atomic mass is 16.3. The third-order valence-electron chi connectivity index (χ3n) is 3.33. The molecule has 1 N–H and O–H groups in total. The minimum atomic E-state index is 0.373. The van der Waals surface area contributed by atoms with Gasteiger partial charge in [-0.15, -0.1) is 0 Å². The third kappa shape index (κ3) is 1.63. The van der Waals surface area contributed by atoms with Gasteiger partial charge in [0.1, 0.15) is 5.76 Å². The van der Waals surface area contributed by atoms with Crippen LogP contribution in [-0.4, -0.2) is 13.1 Å². The Hall–Kier alpha value is -0.760. The summed E-state index contributed by atoms with van der Waals surface area (Å²) in [6.07, 6.45) is 2.81. The fourth-order valence-corrected chi connectivity index (χ4v) is 2.04. The van der Waals surface area contributed by atoms with Crippen molar-refractivity contribution in [2.24, 2.45) is 11.3 Å². The third-order valence-corrected chi connectivity index (χ3v) is 3.33. The SMILES string of the molecule is CC1CNCC1(C)Cc1ccco1. The van der Waals surface area contributed by atoms with Gasteiger partial charge in [0.05, 0.1) is 6.26 Å². The highest BCUT2D eigenvalue weighted by Gasteiger charge is 2.36. The van der Waals surface area contributed by atoms with E-state index in [0.29, 0.717) is 5.41 Å². The van der Waals surface area contributed by atoms with Crippen molar-refractivity contribution >= 4 is 0 Å². The molecule has 2 nitrogen and oxygen atoms in total. The van der Waals surface area contributed by atoms with E-state index in [9.17, 15) is 0 Å². The molecule has 0 bridgehead atoms. The zero-order valence-electron chi connectivity index (χ0n) is 8.34. The normalized spacial score (nSPS) is 33.8. The van der Waals surface area contributed by atoms with Crippen molar-refractivity contribution in [3.63, 3.8) is 0 Å². The highest BCUT2D eigenvalue weighted by Crippen LogP contribution is 2.34. The minimum absolute atomic E-state index is 0.373. The van der Waals surface area contributed by atoms with Gasteiger partial charge in [-0.2, -0.15) is 0 Å². The molecule has 72 valence electrons. The molecule has 1 aliphatic rings. The van der Waals surface area contributed by atoms with Crippen LogP contribution in [-0.2, 0) is 6.42 Å². The maximum atomic E-state index is 5.38. The zero-order valence-corrected chi connectivity index (χ0v) is 8.34. The molecule has 1 saturated heterocycles. The maximum absolute atomic E-state index is 5.38. The second-order valence-electron chi connectivity index (χ2n) is 4.44. The molecule has 1 aromatic heterocycles. The van der Waals surface area contributed by atoms with E-state index >= 15 is 0 Å². The average Bonchev–Trinajstić information content (AvgIpc) is 2.65. The van der Waals surface area contributed by atoms with Gasteiger partial charge in [-0.05, 0) is 30.0 Å². The second kappa shape index (κ2) is 3.18. The molecule has 0 amide bonds. The van der Waals surface area contributed by atoms with E-state index in [1.54, 1.807) is 6.26 Å². The number of furan rings is 1. The number of hydrogen-bond donors (Lipinski definition) is 1. The molecule has 2 heterocycles. The maximum Gasteiger partial charge on any atom is 0.104 e. The first-order valence-corrected chi connectivity index (χ1v) is 4.94. The monoisotopic (exact) mass is 179 g/mol. The van der Waals surface area contributed by atoms with Crippen molar-refractivity contribution in [2.75, 3.05) is 13.1 Å². The molecule has 2 atom stereocenters. The van der Waals surface area contributed by atoms with E-state index in [1.807, 2.05) is 6.07 Å². The van der Waals surface area contributed by atoms with Crippen LogP contribution in [0.1, 0.15) is 19.6 Å². The van der Waals surface area contributed by atoms with Gasteiger partial charge in [-0.1, -0.05) is 13.8 Å². The molecule has 1 fully saturated rings. The Kier molecular flexibility index (Phi) is 2.16. The summed E-state index contributed by atoms with van der Waals surface area (Å²) in [5.74, 6) is 1.84. The number of rotatable bonds is 2. The van der Waals surface area contributed by atoms with Gasteiger partial charge in [-0.25, -0.2) is 0 Å². The predicted octanol–water partition coefficient (Wildman–Crippen LogP) is 2.07. The summed E-state index contributed by atoms with van der Waals surface area (Å²) < 4.78 is 5.38. The van der Waals surface area contributed by atoms with Crippen molar-refractivity contribution in [1.82, 2.24) is 5.32 Å². The van der Waals surface area contributed by atoms with Gasteiger partial charge < -0.3 is 9.73 Å². The fraction of sp³-hybridized carbons (Fsp3) is 0.636. The standard InChI is InChI=1S/C11H17NO/c1-9-7-12-8-11(9,2)6-10-4-3-5-13-10/h3-5,9,12H,6-8H2,1-2H3. The first-order chi connectivity index (χ1) is 6.21. The van der Waals surface area contributed by atoms with E-state index < -0.39 is 0 Å². The topological polar surface area (TPSA) is 25.2 Å². The molecule has 2 unspecified atom stereocenters. The van der Waals surface area contributed by atoms with Crippen LogP contribution in [0, 0.1) is 11.3 Å². The first-order valence-electron chi connectivity index (χ1n) is 4.94. The van der Waals surface area contributed by atoms with Crippen molar-refractivity contribution in [2.45, 2.75) is 20.3 Å². The number of hydrogen-bond acceptors (Lipinski definition) is 2. The fourth-order valence-electron chi connectivity index (χ4n) is 2.04. The summed E-state index contributed by atoms with van der Waals surface area (Å²) in [5, 5.41) is 3.43. The summed E-state index contributed by atoms with van der Waals surface area (Å²) >= 11 is 0. The Morgan fingerprint density at radius 2 is 2.54 bits per heavy atom. The van der Waals surface area contributed by atoms with Crippen LogP contribution in [0.4, 0.5) is 0 Å². The molecule has 0 aliphatic carbocycles. The van der Waals surface area contributed by atoms with Crippen molar-refractivity contribution in [3.05, 3.63) is 24.2 Å². The summed E-state index contributed by atoms with van der Waals surface area (Å²) in [6, 6.07) is 4.03. The summed E-state index contributed by atoms with van der Waals surface area (Å²) in [6.45, 7) is 6.88. The first kappa shape index (κ1) is 8.82. The van der Waals surface area contributed by atoms with E-state index in [0.717, 1.165) is 31.2 Å². The van der Waals surface area contributed by atoms with E-state index in [4.69, 9.17) is 4.42 Å². The van der Waals surface area contributed by atoms with Gasteiger partial charge in [0, 0.05) is 13.0 Å². The van der Waals surface area contributed by atoms with Crippen LogP contribution in [0.25, 0.3) is 0 Å². The van der Waals surface area contributed by atoms with Crippen LogP contribution in [0.15, 0.2) is 22.8 Å². The van der Waals surface area contributed by atoms with Gasteiger partial charge in [0.2, 0.25) is 0 Å². The molecule has 0 spiro atoms. The molecular weight excluding hydrogens is 162 g/mol. The van der Waals surface area contributed by atoms with E-state index in [-0.39, 0.29) is 0 Å². The molecule has 2 rings (SSSR count). The van der Waals surface area contributed by atoms with Gasteiger partial charge in [0.15, 0.2) is 0 Å². The van der Waals surface area contributed by atoms with Crippen molar-refractivity contribution < 1.29 is 4.42 Å². The molecule has 13 heavy (non-hydrogen) atoms. The lowest BCUT2D eigenvalue weighted by atomic mass is 9.77. The van der Waals surface area contributed by atoms with Gasteiger partial charge in [0.25, 0.3) is 0 Å². The Morgan fingerprint density at radius 3 is 3.08 bits per heavy atom. The zero-order chi connectivity index (χ0) is 9.31. The summed E-state index contributed by atoms with van der Waals surface area (Å²) in [5.41, 5.74) is 0.373. The second-order valence-corrected chi connectivity index (χ2v) is 4.44. The molecule has 1 aliphatic heterocycles. The van der Waals surface area contributed by atoms with Crippen LogP contribution >= 0.6 is 0 Å². The lowest BCUT2D eigenvalue weighted by Gasteiger charge is -2.26. The van der Waals surface area contributed by atoms with Crippen LogP contribution in [0.2, 0.25) is 0 Å². The van der Waals surface area contributed by atoms with Gasteiger partial charge in [-0.3, -0.25) is 0 Å². The Balaban J connectivity index is 2.08. The molecule has 0 aromatic carbocycles. The molecule has 0 saturated carbocycles. The summed E-state index contributed by atoms with van der Waals surface area (Å²) in [7, 11) is 0. The number of nitrogens with one attached hydrogen (secondary N) is 1. The summed E-state index contributed by atoms with van der Waals surface area (Å²) in [4.78, 5) is 0. The van der Waals surface area contributed by atoms with Crippen LogP contribution in [0.3, 0.4) is 0 Å². The highest BCUT2D eigenvalue weighted by molar-refractivity contribution is 5.04. The van der Waals surface area contributed by atoms with Crippen LogP contribution < -0.4 is 5.32 Å². The molecule has 0 radical (unpaired) electrons. The lowest BCUT2D eigenvalue weighted by molar-refractivity contribution is 0.253. The molecule has 2 heteroatoms. The van der Waals surface area contributed by atoms with Crippen LogP contribution in [0.5, 0.6) is 0 Å². The largest absolute Gasteiger partial charge is 0.469 e. The Morgan fingerprint density at radius 1 is 1.69 bits per heavy atom. The average molecular weight is 179 g/mol. The van der Waals surface area contributed by atoms with Crippen molar-refractivity contribution in [3.8, 4) is 0 Å². The predicted molar refractivity (Wildman–Crippen MR) is 52.6 cm³/mol. The van der Waals surface area contributed by atoms with Crippen molar-refractivity contribution in [1.29, 1.82) is 0 Å². The smallest absolute Gasteiger partial charge is 0.104 e. The Bertz CT molecular complexity index is 268. The van der Waals surface area contributed by atoms with E-state index in [2.05, 4.69) is 25.2 Å². The minimum Gasteiger partial charge on any atom is -0.469 e. The quantitative estimate of drug-likeness (QED) is 0.751. The molecular formula is C11H17NO. The molecule has 1 aromatic rings. The lowest BCUT2D eigenvalue weighted by Crippen LogP contribution is -2.27. The van der Waals surface area contributed by atoms with E-state index in [1.165, 1.54) is 0 Å².